The number of fused-ring (bicyclic) bond motifs is 1. The average Bonchev–Trinajstić information content (AvgIpc) is 3.70. The molecule has 2 aliphatic heterocycles. The maximum absolute atomic E-state index is 14.5. The lowest BCUT2D eigenvalue weighted by molar-refractivity contribution is -0.141. The van der Waals surface area contributed by atoms with Crippen molar-refractivity contribution in [1.29, 1.82) is 0 Å². The summed E-state index contributed by atoms with van der Waals surface area (Å²) in [6.45, 7) is 2.83. The van der Waals surface area contributed by atoms with Crippen LogP contribution in [0.3, 0.4) is 0 Å². The average molecular weight is 778 g/mol. The number of carbonyl (C=O) groups is 2. The van der Waals surface area contributed by atoms with Crippen molar-refractivity contribution in [3.05, 3.63) is 87.4 Å². The largest absolute Gasteiger partial charge is 0.481 e. The van der Waals surface area contributed by atoms with Gasteiger partial charge in [0.1, 0.15) is 17.2 Å². The molecule has 1 saturated carbocycles. The number of hydrogen-bond acceptors (Lipinski definition) is 9. The van der Waals surface area contributed by atoms with Gasteiger partial charge in [0.15, 0.2) is 0 Å². The highest BCUT2D eigenvalue weighted by atomic mass is 35.5. The Hall–Kier alpha value is -4.92. The van der Waals surface area contributed by atoms with E-state index in [2.05, 4.69) is 20.5 Å². The molecule has 2 aliphatic carbocycles. The van der Waals surface area contributed by atoms with Gasteiger partial charge >= 0.3 is 12.1 Å². The number of alkyl halides is 3. The number of methoxy groups -OCH3 is 2. The first-order valence-corrected chi connectivity index (χ1v) is 18.4. The number of carboxylic acids is 1. The Morgan fingerprint density at radius 3 is 2.38 bits per heavy atom. The van der Waals surface area contributed by atoms with Gasteiger partial charge in [0.2, 0.25) is 23.5 Å². The summed E-state index contributed by atoms with van der Waals surface area (Å²) >= 11 is 7.13. The second-order valence-electron chi connectivity index (χ2n) is 14.9. The molecule has 4 aliphatic rings. The first-order chi connectivity index (χ1) is 26.3. The second-order valence-corrected chi connectivity index (χ2v) is 15.3. The molecule has 3 fully saturated rings. The SMILES string of the molecule is COc1nc(-c2cccc(-c3cccc4c3CC[C@@H]4Oc3nc(OC)c(CNC4(C(=O)O)CC4)cc3C(F)(F)F)c2Cl)ccc1CN1CC2(CNC(=O)C2)C1. The van der Waals surface area contributed by atoms with Crippen LogP contribution in [0.2, 0.25) is 5.02 Å². The molecule has 8 rings (SSSR count). The molecule has 0 radical (unpaired) electrons. The van der Waals surface area contributed by atoms with E-state index in [1.165, 1.54) is 7.11 Å². The van der Waals surface area contributed by atoms with Gasteiger partial charge in [0, 0.05) is 66.8 Å². The summed E-state index contributed by atoms with van der Waals surface area (Å²) in [5, 5.41) is 15.8. The number of nitrogens with zero attached hydrogens (tertiary/aromatic N) is 3. The van der Waals surface area contributed by atoms with Crippen molar-refractivity contribution >= 4 is 23.5 Å². The molecule has 1 amide bonds. The summed E-state index contributed by atoms with van der Waals surface area (Å²) in [5.74, 6) is -1.16. The van der Waals surface area contributed by atoms with Crippen LogP contribution in [-0.2, 0) is 35.3 Å². The normalized spacial score (nSPS) is 19.5. The summed E-state index contributed by atoms with van der Waals surface area (Å²) < 4.78 is 60.5. The first-order valence-electron chi connectivity index (χ1n) is 18.1. The van der Waals surface area contributed by atoms with Crippen molar-refractivity contribution < 1.29 is 42.1 Å². The zero-order chi connectivity index (χ0) is 38.7. The van der Waals surface area contributed by atoms with Crippen LogP contribution in [0.4, 0.5) is 13.2 Å². The smallest absolute Gasteiger partial charge is 0.421 e. The van der Waals surface area contributed by atoms with E-state index in [1.807, 2.05) is 48.5 Å². The molecule has 15 heteroatoms. The molecule has 11 nitrogen and oxygen atoms in total. The molecular weight excluding hydrogens is 739 g/mol. The van der Waals surface area contributed by atoms with Crippen LogP contribution in [0.1, 0.15) is 59.6 Å². The monoisotopic (exact) mass is 777 g/mol. The number of aliphatic carboxylic acids is 1. The number of carbonyl (C=O) groups excluding carboxylic acids is 1. The van der Waals surface area contributed by atoms with Crippen LogP contribution in [0.25, 0.3) is 22.4 Å². The van der Waals surface area contributed by atoms with E-state index in [0.29, 0.717) is 67.4 Å². The minimum atomic E-state index is -4.80. The fourth-order valence-electron chi connectivity index (χ4n) is 8.18. The predicted molar refractivity (Wildman–Crippen MR) is 196 cm³/mol. The summed E-state index contributed by atoms with van der Waals surface area (Å²) in [6, 6.07) is 16.1. The topological polar surface area (TPSA) is 135 Å². The highest BCUT2D eigenvalue weighted by Crippen LogP contribution is 2.46. The van der Waals surface area contributed by atoms with Gasteiger partial charge in [-0.3, -0.25) is 19.8 Å². The van der Waals surface area contributed by atoms with E-state index in [9.17, 15) is 27.9 Å². The number of benzene rings is 2. The summed E-state index contributed by atoms with van der Waals surface area (Å²) in [4.78, 5) is 34.6. The van der Waals surface area contributed by atoms with E-state index in [4.69, 9.17) is 30.8 Å². The van der Waals surface area contributed by atoms with Crippen molar-refractivity contribution in [3.63, 3.8) is 0 Å². The van der Waals surface area contributed by atoms with Crippen LogP contribution in [0.15, 0.2) is 54.6 Å². The Balaban J connectivity index is 1.04. The van der Waals surface area contributed by atoms with Crippen molar-refractivity contribution in [2.45, 2.75) is 63.0 Å². The quantitative estimate of drug-likeness (QED) is 0.145. The van der Waals surface area contributed by atoms with E-state index in [0.717, 1.165) is 47.0 Å². The zero-order valence-electron chi connectivity index (χ0n) is 30.2. The Bertz CT molecular complexity index is 2190. The lowest BCUT2D eigenvalue weighted by atomic mass is 9.79. The van der Waals surface area contributed by atoms with Gasteiger partial charge in [-0.2, -0.15) is 18.2 Å². The van der Waals surface area contributed by atoms with Crippen molar-refractivity contribution in [3.8, 4) is 40.0 Å². The van der Waals surface area contributed by atoms with Crippen LogP contribution < -0.4 is 24.8 Å². The van der Waals surface area contributed by atoms with Gasteiger partial charge in [-0.1, -0.05) is 54.1 Å². The van der Waals surface area contributed by atoms with E-state index >= 15 is 0 Å². The minimum Gasteiger partial charge on any atom is -0.481 e. The number of halogens is 4. The number of aromatic nitrogens is 2. The second kappa shape index (κ2) is 14.0. The summed E-state index contributed by atoms with van der Waals surface area (Å²) in [6.07, 6.45) is -3.28. The number of hydrogen-bond donors (Lipinski definition) is 3. The van der Waals surface area contributed by atoms with Gasteiger partial charge in [0.05, 0.1) is 24.9 Å². The van der Waals surface area contributed by atoms with Crippen LogP contribution in [0, 0.1) is 5.41 Å². The highest BCUT2D eigenvalue weighted by Gasteiger charge is 2.50. The fraction of sp³-hybridized carbons (Fsp3) is 0.400. The zero-order valence-corrected chi connectivity index (χ0v) is 30.9. The maximum atomic E-state index is 14.5. The third-order valence-electron chi connectivity index (χ3n) is 11.2. The van der Waals surface area contributed by atoms with E-state index in [1.54, 1.807) is 7.11 Å². The predicted octanol–water partition coefficient (Wildman–Crippen LogP) is 6.60. The molecule has 0 unspecified atom stereocenters. The Labute approximate surface area is 320 Å². The van der Waals surface area contributed by atoms with Gasteiger partial charge in [-0.15, -0.1) is 0 Å². The third-order valence-corrected chi connectivity index (χ3v) is 11.6. The van der Waals surface area contributed by atoms with Gasteiger partial charge in [-0.05, 0) is 54.5 Å². The van der Waals surface area contributed by atoms with Crippen LogP contribution in [-0.4, -0.2) is 71.2 Å². The number of likely N-dealkylation sites (tertiary alicyclic amines) is 1. The Morgan fingerprint density at radius 2 is 1.71 bits per heavy atom. The van der Waals surface area contributed by atoms with E-state index in [-0.39, 0.29) is 29.3 Å². The number of amides is 1. The van der Waals surface area contributed by atoms with Gasteiger partial charge in [-0.25, -0.2) is 4.98 Å². The standard InChI is InChI=1S/C40H39ClF3N5O6/c1-53-34-22(18-49-20-38(21-49)16-32(50)45-19-38)9-11-30(47-34)28-8-4-7-27(33(28)41)24-5-3-6-26-25(24)10-12-31(26)55-36-29(40(42,43)44)15-23(35(48-36)54-2)17-46-39(13-14-39)37(51)52/h3-9,11,15,31,46H,10,12-14,16-21H2,1-2H3,(H,45,50)(H,51,52)/t31-/m0/s1. The Morgan fingerprint density at radius 1 is 1.00 bits per heavy atom. The molecule has 288 valence electrons. The molecule has 4 heterocycles. The number of nitrogens with one attached hydrogen (secondary N) is 2. The molecule has 2 saturated heterocycles. The van der Waals surface area contributed by atoms with Crippen LogP contribution >= 0.6 is 11.6 Å². The van der Waals surface area contributed by atoms with Gasteiger partial charge < -0.3 is 24.6 Å². The number of carboxylic acid groups (broad SMARTS) is 1. The summed E-state index contributed by atoms with van der Waals surface area (Å²) in [5.41, 5.74) is 3.32. The summed E-state index contributed by atoms with van der Waals surface area (Å²) in [7, 11) is 2.87. The lowest BCUT2D eigenvalue weighted by Gasteiger charge is -2.47. The van der Waals surface area contributed by atoms with E-state index < -0.39 is 35.2 Å². The molecule has 1 atom stereocenters. The van der Waals surface area contributed by atoms with Crippen LogP contribution in [0.5, 0.6) is 17.6 Å². The maximum Gasteiger partial charge on any atom is 0.421 e. The third kappa shape index (κ3) is 6.95. The minimum absolute atomic E-state index is 0.0144. The van der Waals surface area contributed by atoms with Crippen molar-refractivity contribution in [2.24, 2.45) is 5.41 Å². The Kier molecular flexibility index (Phi) is 9.41. The number of rotatable bonds is 12. The molecule has 2 aromatic heterocycles. The highest BCUT2D eigenvalue weighted by molar-refractivity contribution is 6.36. The molecule has 4 aromatic rings. The van der Waals surface area contributed by atoms with Crippen molar-refractivity contribution in [2.75, 3.05) is 33.9 Å². The van der Waals surface area contributed by atoms with Gasteiger partial charge in [0.25, 0.3) is 0 Å². The lowest BCUT2D eigenvalue weighted by Crippen LogP contribution is -2.56. The van der Waals surface area contributed by atoms with Crippen molar-refractivity contribution in [1.82, 2.24) is 25.5 Å². The molecule has 55 heavy (non-hydrogen) atoms. The molecular formula is C40H39ClF3N5O6. The molecule has 3 N–H and O–H groups in total. The molecule has 1 spiro atoms. The fourth-order valence-corrected chi connectivity index (χ4v) is 8.51. The molecule has 0 bridgehead atoms. The number of pyridine rings is 2. The number of ether oxygens (including phenoxy) is 3. The molecule has 2 aromatic carbocycles. The first kappa shape index (κ1) is 37.0.